The van der Waals surface area contributed by atoms with Gasteiger partial charge in [-0.15, -0.1) is 4.91 Å². The van der Waals surface area contributed by atoms with E-state index < -0.39 is 11.2 Å². The van der Waals surface area contributed by atoms with Gasteiger partial charge in [0.05, 0.1) is 0 Å². The lowest BCUT2D eigenvalue weighted by Gasteiger charge is -2.17. The van der Waals surface area contributed by atoms with E-state index in [0.29, 0.717) is 19.4 Å². The van der Waals surface area contributed by atoms with Gasteiger partial charge in [-0.3, -0.25) is 13.9 Å². The molecule has 2 aliphatic rings. The van der Waals surface area contributed by atoms with Gasteiger partial charge in [0.1, 0.15) is 5.82 Å². The summed E-state index contributed by atoms with van der Waals surface area (Å²) in [5.41, 5.74) is 7.03. The first-order valence-electron chi connectivity index (χ1n) is 9.94. The Morgan fingerprint density at radius 1 is 0.889 bits per heavy atom. The van der Waals surface area contributed by atoms with Crippen LogP contribution in [-0.4, -0.2) is 9.13 Å². The number of aromatic nitrogens is 2. The predicted octanol–water partition coefficient (Wildman–Crippen LogP) is 3.77. The van der Waals surface area contributed by atoms with E-state index in [1.807, 2.05) is 0 Å². The zero-order valence-electron chi connectivity index (χ0n) is 15.8. The predicted molar refractivity (Wildman–Crippen MR) is 107 cm³/mol. The maximum Gasteiger partial charge on any atom is 0.332 e. The van der Waals surface area contributed by atoms with Crippen LogP contribution in [0.25, 0.3) is 0 Å². The Morgan fingerprint density at radius 3 is 1.93 bits per heavy atom. The standard InChI is InChI=1S/C20H28N4O3/c21-18-17(22-27)19(25)24(14-12-16-9-5-2-6-10-16)20(26)23(18)13-11-15-7-3-1-4-8-15/h7,9H,1-6,8,10-14,21H2. The summed E-state index contributed by atoms with van der Waals surface area (Å²) in [7, 11) is 0. The minimum absolute atomic E-state index is 0.121. The van der Waals surface area contributed by atoms with Gasteiger partial charge in [-0.25, -0.2) is 4.79 Å². The van der Waals surface area contributed by atoms with E-state index in [0.717, 1.165) is 43.1 Å². The number of hydrogen-bond donors (Lipinski definition) is 1. The fraction of sp³-hybridized carbons (Fsp3) is 0.600. The molecule has 3 rings (SSSR count). The third-order valence-corrected chi connectivity index (χ3v) is 5.62. The SMILES string of the molecule is Nc1c(N=O)c(=O)n(CCC2=CCCCC2)c(=O)n1CCC1=CCCCC1. The second-order valence-electron chi connectivity index (χ2n) is 7.43. The zero-order valence-corrected chi connectivity index (χ0v) is 15.8. The van der Waals surface area contributed by atoms with Gasteiger partial charge in [0.15, 0.2) is 0 Å². The molecule has 0 saturated heterocycles. The average Bonchev–Trinajstić information content (AvgIpc) is 2.69. The number of nitrogens with zero attached hydrogens (tertiary/aromatic N) is 3. The summed E-state index contributed by atoms with van der Waals surface area (Å²) < 4.78 is 2.46. The van der Waals surface area contributed by atoms with Gasteiger partial charge in [-0.05, 0) is 69.4 Å². The Morgan fingerprint density at radius 2 is 1.44 bits per heavy atom. The van der Waals surface area contributed by atoms with Crippen LogP contribution in [-0.2, 0) is 13.1 Å². The minimum atomic E-state index is -0.683. The van der Waals surface area contributed by atoms with Crippen molar-refractivity contribution in [2.45, 2.75) is 77.3 Å². The largest absolute Gasteiger partial charge is 0.383 e. The normalized spacial score (nSPS) is 17.3. The van der Waals surface area contributed by atoms with Crippen LogP contribution in [0.5, 0.6) is 0 Å². The molecule has 2 aliphatic carbocycles. The molecule has 146 valence electrons. The molecule has 0 bridgehead atoms. The van der Waals surface area contributed by atoms with Gasteiger partial charge in [0.25, 0.3) is 5.56 Å². The summed E-state index contributed by atoms with van der Waals surface area (Å²) >= 11 is 0. The first-order chi connectivity index (χ1) is 13.1. The second-order valence-corrected chi connectivity index (χ2v) is 7.43. The van der Waals surface area contributed by atoms with E-state index in [1.54, 1.807) is 0 Å². The first kappa shape index (κ1) is 19.3. The molecule has 1 aromatic rings. The fourth-order valence-electron chi connectivity index (χ4n) is 3.97. The molecule has 7 heteroatoms. The third-order valence-electron chi connectivity index (χ3n) is 5.62. The number of allylic oxidation sites excluding steroid dienone is 4. The molecule has 0 aliphatic heterocycles. The quantitative estimate of drug-likeness (QED) is 0.581. The molecule has 0 saturated carbocycles. The highest BCUT2D eigenvalue weighted by Crippen LogP contribution is 2.23. The van der Waals surface area contributed by atoms with Crippen LogP contribution >= 0.6 is 0 Å². The Hall–Kier alpha value is -2.44. The van der Waals surface area contributed by atoms with Crippen molar-refractivity contribution in [3.8, 4) is 0 Å². The molecule has 0 spiro atoms. The van der Waals surface area contributed by atoms with Crippen molar-refractivity contribution in [2.75, 3.05) is 5.73 Å². The van der Waals surface area contributed by atoms with E-state index in [2.05, 4.69) is 17.3 Å². The first-order valence-corrected chi connectivity index (χ1v) is 9.94. The summed E-state index contributed by atoms with van der Waals surface area (Å²) in [6.07, 6.45) is 14.6. The van der Waals surface area contributed by atoms with E-state index in [1.165, 1.54) is 28.6 Å². The lowest BCUT2D eigenvalue weighted by molar-refractivity contribution is 0.538. The van der Waals surface area contributed by atoms with Gasteiger partial charge in [-0.2, -0.15) is 0 Å². The van der Waals surface area contributed by atoms with E-state index in [-0.39, 0.29) is 18.1 Å². The van der Waals surface area contributed by atoms with Crippen LogP contribution in [0.1, 0.15) is 64.2 Å². The monoisotopic (exact) mass is 372 g/mol. The molecular weight excluding hydrogens is 344 g/mol. The van der Waals surface area contributed by atoms with Crippen molar-refractivity contribution < 1.29 is 0 Å². The van der Waals surface area contributed by atoms with Gasteiger partial charge in [0.2, 0.25) is 5.69 Å². The van der Waals surface area contributed by atoms with E-state index >= 15 is 0 Å². The Bertz CT molecular complexity index is 876. The summed E-state index contributed by atoms with van der Waals surface area (Å²) in [6, 6.07) is 0. The molecule has 0 unspecified atom stereocenters. The van der Waals surface area contributed by atoms with Gasteiger partial charge >= 0.3 is 5.69 Å². The number of nitrogen functional groups attached to an aromatic ring is 1. The maximum absolute atomic E-state index is 12.9. The van der Waals surface area contributed by atoms with Crippen molar-refractivity contribution in [1.29, 1.82) is 0 Å². The highest BCUT2D eigenvalue weighted by molar-refractivity contribution is 5.55. The molecule has 0 fully saturated rings. The van der Waals surface area contributed by atoms with E-state index in [9.17, 15) is 14.5 Å². The van der Waals surface area contributed by atoms with Crippen molar-refractivity contribution in [3.63, 3.8) is 0 Å². The molecule has 1 heterocycles. The Kier molecular flexibility index (Phi) is 6.42. The summed E-state index contributed by atoms with van der Waals surface area (Å²) in [5, 5.41) is 2.82. The lowest BCUT2D eigenvalue weighted by atomic mass is 9.97. The van der Waals surface area contributed by atoms with Gasteiger partial charge in [-0.1, -0.05) is 23.3 Å². The maximum atomic E-state index is 12.9. The molecule has 0 radical (unpaired) electrons. The van der Waals surface area contributed by atoms with Crippen molar-refractivity contribution >= 4 is 11.5 Å². The summed E-state index contributed by atoms with van der Waals surface area (Å²) in [4.78, 5) is 36.6. The Labute approximate surface area is 158 Å². The summed E-state index contributed by atoms with van der Waals surface area (Å²) in [6.45, 7) is 0.622. The average molecular weight is 372 g/mol. The number of nitroso groups, excluding NO2 is 1. The molecule has 1 aromatic heterocycles. The number of hydrogen-bond acceptors (Lipinski definition) is 5. The smallest absolute Gasteiger partial charge is 0.332 e. The van der Waals surface area contributed by atoms with Crippen molar-refractivity contribution in [3.05, 3.63) is 49.0 Å². The van der Waals surface area contributed by atoms with Gasteiger partial charge < -0.3 is 5.73 Å². The van der Waals surface area contributed by atoms with Crippen LogP contribution in [0.2, 0.25) is 0 Å². The van der Waals surface area contributed by atoms with Crippen LogP contribution in [0.15, 0.2) is 38.1 Å². The highest BCUT2D eigenvalue weighted by Gasteiger charge is 2.19. The van der Waals surface area contributed by atoms with Crippen LogP contribution in [0.4, 0.5) is 11.5 Å². The van der Waals surface area contributed by atoms with Crippen LogP contribution in [0.3, 0.4) is 0 Å². The molecular formula is C20H28N4O3. The van der Waals surface area contributed by atoms with E-state index in [4.69, 9.17) is 5.73 Å². The fourth-order valence-corrected chi connectivity index (χ4v) is 3.97. The molecule has 0 aromatic carbocycles. The molecule has 27 heavy (non-hydrogen) atoms. The number of rotatable bonds is 7. The van der Waals surface area contributed by atoms with Crippen molar-refractivity contribution in [2.24, 2.45) is 5.18 Å². The van der Waals surface area contributed by atoms with Gasteiger partial charge in [0, 0.05) is 13.1 Å². The zero-order chi connectivity index (χ0) is 19.2. The number of nitrogens with two attached hydrogens (primary N) is 1. The third kappa shape index (κ3) is 4.46. The van der Waals surface area contributed by atoms with Crippen molar-refractivity contribution in [1.82, 2.24) is 9.13 Å². The topological polar surface area (TPSA) is 99.4 Å². The second kappa shape index (κ2) is 8.97. The minimum Gasteiger partial charge on any atom is -0.383 e. The molecule has 0 amide bonds. The van der Waals surface area contributed by atoms with Crippen LogP contribution in [0, 0.1) is 4.91 Å². The number of anilines is 1. The molecule has 0 atom stereocenters. The lowest BCUT2D eigenvalue weighted by Crippen LogP contribution is -2.41. The molecule has 2 N–H and O–H groups in total. The Balaban J connectivity index is 1.86. The highest BCUT2D eigenvalue weighted by atomic mass is 16.3. The van der Waals surface area contributed by atoms with Crippen LogP contribution < -0.4 is 17.0 Å². The molecule has 7 nitrogen and oxygen atoms in total. The summed E-state index contributed by atoms with van der Waals surface area (Å²) in [5.74, 6) is -0.121.